The van der Waals surface area contributed by atoms with Crippen molar-refractivity contribution in [1.82, 2.24) is 0 Å². The minimum atomic E-state index is 0.546. The summed E-state index contributed by atoms with van der Waals surface area (Å²) >= 11 is 0. The summed E-state index contributed by atoms with van der Waals surface area (Å²) in [4.78, 5) is 0. The summed E-state index contributed by atoms with van der Waals surface area (Å²) in [6, 6.07) is 14.7. The molecule has 0 unspecified atom stereocenters. The van der Waals surface area contributed by atoms with Gasteiger partial charge in [0.2, 0.25) is 0 Å². The molecule has 0 aliphatic rings. The van der Waals surface area contributed by atoms with Crippen molar-refractivity contribution in [3.05, 3.63) is 48.0 Å². The van der Waals surface area contributed by atoms with Crippen LogP contribution in [0.15, 0.2) is 42.5 Å². The minimum Gasteiger partial charge on any atom is -0.497 e. The van der Waals surface area contributed by atoms with Gasteiger partial charge in [-0.1, -0.05) is 0 Å². The first-order valence-electron chi connectivity index (χ1n) is 5.43. The number of nitrogens with zero attached hydrogens (tertiary/aromatic N) is 1. The van der Waals surface area contributed by atoms with Gasteiger partial charge in [0.25, 0.3) is 0 Å². The third kappa shape index (κ3) is 2.53. The Balaban J connectivity index is 2.20. The number of benzene rings is 2. The number of methoxy groups -OCH3 is 1. The fourth-order valence-electron chi connectivity index (χ4n) is 1.58. The second kappa shape index (κ2) is 5.11. The molecular weight excluding hydrogens is 226 g/mol. The number of nitrogens with two attached hydrogens (primary N) is 1. The van der Waals surface area contributed by atoms with Gasteiger partial charge >= 0.3 is 0 Å². The average molecular weight is 239 g/mol. The summed E-state index contributed by atoms with van der Waals surface area (Å²) < 4.78 is 5.08. The third-order valence-electron chi connectivity index (χ3n) is 2.55. The van der Waals surface area contributed by atoms with Crippen LogP contribution in [0, 0.1) is 11.3 Å². The zero-order valence-corrected chi connectivity index (χ0v) is 9.97. The molecule has 90 valence electrons. The molecule has 4 nitrogen and oxygen atoms in total. The predicted molar refractivity (Wildman–Crippen MR) is 71.8 cm³/mol. The van der Waals surface area contributed by atoms with Crippen molar-refractivity contribution < 1.29 is 4.74 Å². The van der Waals surface area contributed by atoms with Crippen LogP contribution in [0.1, 0.15) is 5.56 Å². The zero-order chi connectivity index (χ0) is 13.0. The average Bonchev–Trinajstić information content (AvgIpc) is 2.42. The van der Waals surface area contributed by atoms with Crippen LogP contribution < -0.4 is 15.8 Å². The van der Waals surface area contributed by atoms with Gasteiger partial charge in [0.15, 0.2) is 0 Å². The molecule has 3 N–H and O–H groups in total. The molecule has 0 aromatic heterocycles. The van der Waals surface area contributed by atoms with E-state index in [0.29, 0.717) is 11.3 Å². The van der Waals surface area contributed by atoms with Gasteiger partial charge in [-0.25, -0.2) is 0 Å². The Hall–Kier alpha value is -2.67. The summed E-state index contributed by atoms with van der Waals surface area (Å²) in [5.74, 6) is 0.799. The molecule has 0 fully saturated rings. The van der Waals surface area contributed by atoms with E-state index in [4.69, 9.17) is 15.7 Å². The molecule has 2 aromatic rings. The van der Waals surface area contributed by atoms with E-state index in [0.717, 1.165) is 17.1 Å². The van der Waals surface area contributed by atoms with Crippen LogP contribution in [0.5, 0.6) is 5.75 Å². The Kier molecular flexibility index (Phi) is 3.35. The number of hydrogen-bond donors (Lipinski definition) is 2. The fourth-order valence-corrected chi connectivity index (χ4v) is 1.58. The molecule has 0 radical (unpaired) electrons. The van der Waals surface area contributed by atoms with Gasteiger partial charge in [0.05, 0.1) is 30.1 Å². The van der Waals surface area contributed by atoms with Crippen LogP contribution in [0.4, 0.5) is 17.1 Å². The van der Waals surface area contributed by atoms with E-state index in [-0.39, 0.29) is 0 Å². The third-order valence-corrected chi connectivity index (χ3v) is 2.55. The van der Waals surface area contributed by atoms with E-state index in [9.17, 15) is 0 Å². The van der Waals surface area contributed by atoms with Crippen molar-refractivity contribution in [2.45, 2.75) is 0 Å². The lowest BCUT2D eigenvalue weighted by Crippen LogP contribution is -1.96. The number of nitriles is 1. The van der Waals surface area contributed by atoms with Gasteiger partial charge in [0.1, 0.15) is 5.75 Å². The zero-order valence-electron chi connectivity index (χ0n) is 9.97. The van der Waals surface area contributed by atoms with Crippen molar-refractivity contribution in [3.8, 4) is 11.8 Å². The number of nitrogen functional groups attached to an aromatic ring is 1. The molecule has 0 saturated carbocycles. The lowest BCUT2D eigenvalue weighted by atomic mass is 10.2. The first-order valence-corrected chi connectivity index (χ1v) is 5.43. The standard InChI is InChI=1S/C14H13N3O/c1-18-12-5-3-11(4-6-12)17-14-7-2-10(9-15)8-13(14)16/h2-8,17H,16H2,1H3. The number of ether oxygens (including phenoxy) is 1. The van der Waals surface area contributed by atoms with Gasteiger partial charge in [0, 0.05) is 5.69 Å². The first kappa shape index (κ1) is 11.8. The quantitative estimate of drug-likeness (QED) is 0.808. The first-order chi connectivity index (χ1) is 8.72. The Bertz CT molecular complexity index is 585. The second-order valence-corrected chi connectivity index (χ2v) is 3.77. The molecule has 18 heavy (non-hydrogen) atoms. The number of anilines is 3. The van der Waals surface area contributed by atoms with Crippen molar-refractivity contribution in [2.24, 2.45) is 0 Å². The van der Waals surface area contributed by atoms with Gasteiger partial charge < -0.3 is 15.8 Å². The van der Waals surface area contributed by atoms with Crippen LogP contribution in [-0.4, -0.2) is 7.11 Å². The second-order valence-electron chi connectivity index (χ2n) is 3.77. The van der Waals surface area contributed by atoms with Gasteiger partial charge in [-0.15, -0.1) is 0 Å². The summed E-state index contributed by atoms with van der Waals surface area (Å²) in [6.07, 6.45) is 0. The van der Waals surface area contributed by atoms with Crippen LogP contribution in [0.25, 0.3) is 0 Å². The van der Waals surface area contributed by atoms with Crippen molar-refractivity contribution in [1.29, 1.82) is 5.26 Å². The van der Waals surface area contributed by atoms with Crippen LogP contribution >= 0.6 is 0 Å². The normalized spacial score (nSPS) is 9.56. The summed E-state index contributed by atoms with van der Waals surface area (Å²) in [6.45, 7) is 0. The van der Waals surface area contributed by atoms with E-state index < -0.39 is 0 Å². The maximum absolute atomic E-state index is 8.76. The molecule has 0 spiro atoms. The molecule has 0 aliphatic heterocycles. The van der Waals surface area contributed by atoms with Gasteiger partial charge in [-0.05, 0) is 42.5 Å². The van der Waals surface area contributed by atoms with Crippen molar-refractivity contribution in [2.75, 3.05) is 18.2 Å². The molecule has 0 bridgehead atoms. The maximum atomic E-state index is 8.76. The lowest BCUT2D eigenvalue weighted by Gasteiger charge is -2.10. The molecule has 0 saturated heterocycles. The van der Waals surface area contributed by atoms with E-state index in [1.54, 1.807) is 25.3 Å². The topological polar surface area (TPSA) is 71.1 Å². The monoisotopic (exact) mass is 239 g/mol. The number of rotatable bonds is 3. The highest BCUT2D eigenvalue weighted by Crippen LogP contribution is 2.25. The van der Waals surface area contributed by atoms with Crippen LogP contribution in [-0.2, 0) is 0 Å². The summed E-state index contributed by atoms with van der Waals surface area (Å²) in [5.41, 5.74) is 8.64. The summed E-state index contributed by atoms with van der Waals surface area (Å²) in [7, 11) is 1.63. The molecular formula is C14H13N3O. The van der Waals surface area contributed by atoms with Crippen LogP contribution in [0.2, 0.25) is 0 Å². The molecule has 0 aliphatic carbocycles. The van der Waals surface area contributed by atoms with E-state index >= 15 is 0 Å². The fraction of sp³-hybridized carbons (Fsp3) is 0.0714. The van der Waals surface area contributed by atoms with E-state index in [1.807, 2.05) is 30.3 Å². The van der Waals surface area contributed by atoms with E-state index in [2.05, 4.69) is 5.32 Å². The molecule has 0 amide bonds. The predicted octanol–water partition coefficient (Wildman–Crippen LogP) is 2.89. The number of hydrogen-bond acceptors (Lipinski definition) is 4. The van der Waals surface area contributed by atoms with Crippen LogP contribution in [0.3, 0.4) is 0 Å². The van der Waals surface area contributed by atoms with Gasteiger partial charge in [-0.3, -0.25) is 0 Å². The highest BCUT2D eigenvalue weighted by Gasteiger charge is 2.01. The Morgan fingerprint density at radius 2 is 1.89 bits per heavy atom. The molecule has 0 heterocycles. The highest BCUT2D eigenvalue weighted by molar-refractivity contribution is 5.74. The smallest absolute Gasteiger partial charge is 0.119 e. The Morgan fingerprint density at radius 1 is 1.17 bits per heavy atom. The Morgan fingerprint density at radius 3 is 2.44 bits per heavy atom. The number of nitrogens with one attached hydrogen (secondary N) is 1. The largest absolute Gasteiger partial charge is 0.497 e. The molecule has 0 atom stereocenters. The van der Waals surface area contributed by atoms with E-state index in [1.165, 1.54) is 0 Å². The minimum absolute atomic E-state index is 0.546. The summed E-state index contributed by atoms with van der Waals surface area (Å²) in [5, 5.41) is 11.9. The van der Waals surface area contributed by atoms with Crippen molar-refractivity contribution >= 4 is 17.1 Å². The lowest BCUT2D eigenvalue weighted by molar-refractivity contribution is 0.415. The Labute approximate surface area is 106 Å². The molecule has 4 heteroatoms. The maximum Gasteiger partial charge on any atom is 0.119 e. The molecule has 2 aromatic carbocycles. The SMILES string of the molecule is COc1ccc(Nc2ccc(C#N)cc2N)cc1. The molecule has 2 rings (SSSR count). The van der Waals surface area contributed by atoms with Gasteiger partial charge in [-0.2, -0.15) is 5.26 Å². The highest BCUT2D eigenvalue weighted by atomic mass is 16.5. The van der Waals surface area contributed by atoms with Crippen molar-refractivity contribution in [3.63, 3.8) is 0 Å².